The minimum Gasteiger partial charge on any atom is -0.504 e. The Balaban J connectivity index is 1.88. The van der Waals surface area contributed by atoms with E-state index in [0.717, 1.165) is 5.56 Å². The highest BCUT2D eigenvalue weighted by Gasteiger charge is 2.32. The molecule has 0 aromatic heterocycles. The van der Waals surface area contributed by atoms with Gasteiger partial charge in [0.1, 0.15) is 22.8 Å². The SMILES string of the molecule is COc1cc(OC)c2c(c1)OCC(Cc1ccc(OC)c(O)c1)C2=O. The number of benzene rings is 2. The molecule has 0 saturated carbocycles. The van der Waals surface area contributed by atoms with Gasteiger partial charge in [-0.2, -0.15) is 0 Å². The first kappa shape index (κ1) is 17.0. The number of Topliss-reactive ketones (excluding diaryl/α,β-unsaturated/α-hetero) is 1. The average Bonchev–Trinajstić information content (AvgIpc) is 2.63. The van der Waals surface area contributed by atoms with Crippen molar-refractivity contribution in [3.8, 4) is 28.7 Å². The Morgan fingerprint density at radius 2 is 1.84 bits per heavy atom. The van der Waals surface area contributed by atoms with Crippen LogP contribution in [0, 0.1) is 5.92 Å². The van der Waals surface area contributed by atoms with Gasteiger partial charge in [0, 0.05) is 12.1 Å². The molecule has 0 radical (unpaired) electrons. The van der Waals surface area contributed by atoms with Crippen LogP contribution in [0.25, 0.3) is 0 Å². The number of rotatable bonds is 5. The van der Waals surface area contributed by atoms with Gasteiger partial charge in [-0.05, 0) is 24.1 Å². The van der Waals surface area contributed by atoms with Crippen molar-refractivity contribution >= 4 is 5.78 Å². The van der Waals surface area contributed by atoms with Gasteiger partial charge in [0.2, 0.25) is 0 Å². The van der Waals surface area contributed by atoms with Crippen molar-refractivity contribution in [1.82, 2.24) is 0 Å². The molecule has 1 atom stereocenters. The zero-order chi connectivity index (χ0) is 18.0. The highest BCUT2D eigenvalue weighted by Crippen LogP contribution is 2.39. The summed E-state index contributed by atoms with van der Waals surface area (Å²) in [6.45, 7) is 0.259. The summed E-state index contributed by atoms with van der Waals surface area (Å²) < 4.78 is 21.4. The Labute approximate surface area is 145 Å². The topological polar surface area (TPSA) is 74.2 Å². The first-order valence-corrected chi connectivity index (χ1v) is 7.86. The highest BCUT2D eigenvalue weighted by molar-refractivity contribution is 6.04. The first-order chi connectivity index (χ1) is 12.1. The number of ether oxygens (including phenoxy) is 4. The standard InChI is InChI=1S/C19H20O6/c1-22-13-8-16(24-3)18-17(9-13)25-10-12(19(18)21)6-11-4-5-15(23-2)14(20)7-11/h4-5,7-9,12,20H,6,10H2,1-3H3. The van der Waals surface area contributed by atoms with Crippen LogP contribution in [0.5, 0.6) is 28.7 Å². The van der Waals surface area contributed by atoms with Crippen molar-refractivity contribution in [3.05, 3.63) is 41.5 Å². The van der Waals surface area contributed by atoms with Crippen LogP contribution in [0.4, 0.5) is 0 Å². The molecule has 6 heteroatoms. The maximum atomic E-state index is 12.9. The molecular weight excluding hydrogens is 324 g/mol. The fraction of sp³-hybridized carbons (Fsp3) is 0.316. The van der Waals surface area contributed by atoms with Gasteiger partial charge in [-0.25, -0.2) is 0 Å². The second-order valence-electron chi connectivity index (χ2n) is 5.79. The lowest BCUT2D eigenvalue weighted by Gasteiger charge is -2.26. The van der Waals surface area contributed by atoms with E-state index >= 15 is 0 Å². The molecule has 1 aliphatic heterocycles. The number of phenols is 1. The molecule has 0 saturated heterocycles. The summed E-state index contributed by atoms with van der Waals surface area (Å²) in [5.41, 5.74) is 1.26. The number of hydrogen-bond donors (Lipinski definition) is 1. The van der Waals surface area contributed by atoms with Gasteiger partial charge in [-0.1, -0.05) is 6.07 Å². The minimum atomic E-state index is -0.359. The van der Waals surface area contributed by atoms with Crippen LogP contribution >= 0.6 is 0 Å². The number of phenolic OH excluding ortho intramolecular Hbond substituents is 1. The average molecular weight is 344 g/mol. The molecule has 132 valence electrons. The fourth-order valence-corrected chi connectivity index (χ4v) is 2.97. The molecule has 1 heterocycles. The van der Waals surface area contributed by atoms with Gasteiger partial charge in [0.25, 0.3) is 0 Å². The number of hydrogen-bond acceptors (Lipinski definition) is 6. The van der Waals surface area contributed by atoms with E-state index in [4.69, 9.17) is 18.9 Å². The second-order valence-corrected chi connectivity index (χ2v) is 5.79. The number of fused-ring (bicyclic) bond motifs is 1. The fourth-order valence-electron chi connectivity index (χ4n) is 2.97. The third kappa shape index (κ3) is 3.20. The lowest BCUT2D eigenvalue weighted by atomic mass is 9.89. The molecule has 0 fully saturated rings. The summed E-state index contributed by atoms with van der Waals surface area (Å²) in [6, 6.07) is 8.46. The van der Waals surface area contributed by atoms with Crippen LogP contribution in [0.15, 0.2) is 30.3 Å². The Morgan fingerprint density at radius 1 is 1.08 bits per heavy atom. The summed E-state index contributed by atoms with van der Waals surface area (Å²) >= 11 is 0. The highest BCUT2D eigenvalue weighted by atomic mass is 16.5. The lowest BCUT2D eigenvalue weighted by Crippen LogP contribution is -2.30. The summed E-state index contributed by atoms with van der Waals surface area (Å²) in [4.78, 5) is 12.9. The molecule has 3 rings (SSSR count). The monoisotopic (exact) mass is 344 g/mol. The van der Waals surface area contributed by atoms with Crippen LogP contribution in [-0.2, 0) is 6.42 Å². The molecule has 0 spiro atoms. The van der Waals surface area contributed by atoms with Crippen molar-refractivity contribution < 1.29 is 28.8 Å². The predicted molar refractivity (Wildman–Crippen MR) is 91.2 cm³/mol. The number of ketones is 1. The van der Waals surface area contributed by atoms with E-state index in [0.29, 0.717) is 35.0 Å². The van der Waals surface area contributed by atoms with Gasteiger partial charge < -0.3 is 24.1 Å². The summed E-state index contributed by atoms with van der Waals surface area (Å²) in [6.07, 6.45) is 0.449. The molecule has 0 amide bonds. The van der Waals surface area contributed by atoms with E-state index in [1.165, 1.54) is 14.2 Å². The quantitative estimate of drug-likeness (QED) is 0.899. The Kier molecular flexibility index (Phi) is 4.70. The van der Waals surface area contributed by atoms with Crippen molar-refractivity contribution in [2.24, 2.45) is 5.92 Å². The van der Waals surface area contributed by atoms with E-state index in [-0.39, 0.29) is 24.1 Å². The molecule has 2 aromatic carbocycles. The van der Waals surface area contributed by atoms with Crippen LogP contribution in [0.1, 0.15) is 15.9 Å². The lowest BCUT2D eigenvalue weighted by molar-refractivity contribution is 0.0825. The van der Waals surface area contributed by atoms with E-state index in [2.05, 4.69) is 0 Å². The van der Waals surface area contributed by atoms with Crippen LogP contribution in [-0.4, -0.2) is 38.8 Å². The predicted octanol–water partition coefficient (Wildman–Crippen LogP) is 2.85. The first-order valence-electron chi connectivity index (χ1n) is 7.86. The molecule has 2 aromatic rings. The normalized spacial score (nSPS) is 16.0. The molecule has 1 unspecified atom stereocenters. The van der Waals surface area contributed by atoms with E-state index < -0.39 is 0 Å². The number of aromatic hydroxyl groups is 1. The minimum absolute atomic E-state index is 0.0453. The number of methoxy groups -OCH3 is 3. The molecule has 1 aliphatic rings. The third-order valence-corrected chi connectivity index (χ3v) is 4.28. The van der Waals surface area contributed by atoms with E-state index in [9.17, 15) is 9.90 Å². The van der Waals surface area contributed by atoms with Gasteiger partial charge in [0.05, 0.1) is 33.9 Å². The van der Waals surface area contributed by atoms with Gasteiger partial charge in [-0.3, -0.25) is 4.79 Å². The van der Waals surface area contributed by atoms with Crippen molar-refractivity contribution in [2.75, 3.05) is 27.9 Å². The molecular formula is C19H20O6. The molecule has 1 N–H and O–H groups in total. The van der Waals surface area contributed by atoms with E-state index in [1.54, 1.807) is 31.4 Å². The van der Waals surface area contributed by atoms with Crippen molar-refractivity contribution in [3.63, 3.8) is 0 Å². The summed E-state index contributed by atoms with van der Waals surface area (Å²) in [5.74, 6) is 1.51. The van der Waals surface area contributed by atoms with Crippen LogP contribution in [0.2, 0.25) is 0 Å². The van der Waals surface area contributed by atoms with Gasteiger partial charge in [0.15, 0.2) is 17.3 Å². The Bertz CT molecular complexity index is 781. The molecule has 6 nitrogen and oxygen atoms in total. The van der Waals surface area contributed by atoms with Crippen molar-refractivity contribution in [2.45, 2.75) is 6.42 Å². The smallest absolute Gasteiger partial charge is 0.177 e. The van der Waals surface area contributed by atoms with Crippen LogP contribution < -0.4 is 18.9 Å². The van der Waals surface area contributed by atoms with Gasteiger partial charge >= 0.3 is 0 Å². The largest absolute Gasteiger partial charge is 0.504 e. The second kappa shape index (κ2) is 6.93. The van der Waals surface area contributed by atoms with E-state index in [1.807, 2.05) is 6.07 Å². The zero-order valence-corrected chi connectivity index (χ0v) is 14.4. The van der Waals surface area contributed by atoms with Crippen LogP contribution in [0.3, 0.4) is 0 Å². The summed E-state index contributed by atoms with van der Waals surface area (Å²) in [5, 5.41) is 9.91. The number of carbonyl (C=O) groups excluding carboxylic acids is 1. The van der Waals surface area contributed by atoms with Crippen molar-refractivity contribution in [1.29, 1.82) is 0 Å². The van der Waals surface area contributed by atoms with Gasteiger partial charge in [-0.15, -0.1) is 0 Å². The Morgan fingerprint density at radius 3 is 2.48 bits per heavy atom. The summed E-state index contributed by atoms with van der Waals surface area (Å²) in [7, 11) is 4.54. The molecule has 0 aliphatic carbocycles. The number of carbonyl (C=O) groups is 1. The maximum absolute atomic E-state index is 12.9. The molecule has 25 heavy (non-hydrogen) atoms. The maximum Gasteiger partial charge on any atom is 0.177 e. The zero-order valence-electron chi connectivity index (χ0n) is 14.4. The Hall–Kier alpha value is -2.89. The third-order valence-electron chi connectivity index (χ3n) is 4.28. The molecule has 0 bridgehead atoms.